The number of hydrogen-bond donors (Lipinski definition) is 1. The van der Waals surface area contributed by atoms with Gasteiger partial charge in [-0.05, 0) is 43.2 Å². The van der Waals surface area contributed by atoms with Crippen molar-refractivity contribution in [1.82, 2.24) is 9.78 Å². The second-order valence-corrected chi connectivity index (χ2v) is 4.68. The van der Waals surface area contributed by atoms with Crippen molar-refractivity contribution in [2.45, 2.75) is 26.9 Å². The summed E-state index contributed by atoms with van der Waals surface area (Å²) in [6.07, 6.45) is 0.889. The van der Waals surface area contributed by atoms with Crippen molar-refractivity contribution in [2.24, 2.45) is 7.05 Å². The molecule has 0 bridgehead atoms. The highest BCUT2D eigenvalue weighted by Crippen LogP contribution is 2.20. The highest BCUT2D eigenvalue weighted by Gasteiger charge is 2.08. The number of nitrogens with zero attached hydrogens (tertiary/aromatic N) is 2. The fourth-order valence-electron chi connectivity index (χ4n) is 1.98. The van der Waals surface area contributed by atoms with E-state index in [0.717, 1.165) is 23.4 Å². The van der Waals surface area contributed by atoms with Crippen molar-refractivity contribution in [3.8, 4) is 5.75 Å². The van der Waals surface area contributed by atoms with Gasteiger partial charge < -0.3 is 9.84 Å². The maximum atomic E-state index is 10.9. The van der Waals surface area contributed by atoms with E-state index in [0.29, 0.717) is 12.4 Å². The molecule has 5 heteroatoms. The zero-order valence-electron chi connectivity index (χ0n) is 11.9. The van der Waals surface area contributed by atoms with E-state index in [4.69, 9.17) is 9.84 Å². The Balaban J connectivity index is 2.10. The molecule has 0 saturated carbocycles. The Hall–Kier alpha value is -2.30. The van der Waals surface area contributed by atoms with Gasteiger partial charge >= 0.3 is 5.97 Å². The Kier molecular flexibility index (Phi) is 4.08. The number of aryl methyl sites for hydroxylation is 3. The molecule has 1 aromatic carbocycles. The fourth-order valence-corrected chi connectivity index (χ4v) is 1.98. The van der Waals surface area contributed by atoms with Crippen LogP contribution >= 0.6 is 0 Å². The van der Waals surface area contributed by atoms with Crippen molar-refractivity contribution in [2.75, 3.05) is 0 Å². The summed E-state index contributed by atoms with van der Waals surface area (Å²) < 4.78 is 7.55. The highest BCUT2D eigenvalue weighted by atomic mass is 16.5. The molecule has 0 aliphatic heterocycles. The minimum atomic E-state index is -0.932. The van der Waals surface area contributed by atoms with E-state index >= 15 is 0 Å². The van der Waals surface area contributed by atoms with E-state index in [1.54, 1.807) is 22.9 Å². The number of rotatable bonds is 5. The van der Waals surface area contributed by atoms with Gasteiger partial charge in [-0.1, -0.05) is 6.92 Å². The summed E-state index contributed by atoms with van der Waals surface area (Å²) in [4.78, 5) is 10.9. The van der Waals surface area contributed by atoms with Gasteiger partial charge in [0.15, 0.2) is 0 Å². The van der Waals surface area contributed by atoms with Crippen molar-refractivity contribution < 1.29 is 14.6 Å². The topological polar surface area (TPSA) is 64.3 Å². The van der Waals surface area contributed by atoms with Crippen LogP contribution in [0.1, 0.15) is 34.2 Å². The molecule has 2 aromatic rings. The maximum absolute atomic E-state index is 10.9. The van der Waals surface area contributed by atoms with Crippen LogP contribution in [0.2, 0.25) is 0 Å². The van der Waals surface area contributed by atoms with E-state index < -0.39 is 5.97 Å². The summed E-state index contributed by atoms with van der Waals surface area (Å²) in [7, 11) is 1.89. The predicted molar refractivity (Wildman–Crippen MR) is 75.1 cm³/mol. The summed E-state index contributed by atoms with van der Waals surface area (Å²) >= 11 is 0. The van der Waals surface area contributed by atoms with Gasteiger partial charge in [0, 0.05) is 7.05 Å². The zero-order chi connectivity index (χ0) is 14.7. The smallest absolute Gasteiger partial charge is 0.335 e. The number of aromatic nitrogens is 2. The Labute approximate surface area is 117 Å². The minimum absolute atomic E-state index is 0.267. The summed E-state index contributed by atoms with van der Waals surface area (Å²) in [6.45, 7) is 4.31. The molecule has 106 valence electrons. The first-order valence-electron chi connectivity index (χ1n) is 6.49. The van der Waals surface area contributed by atoms with Crippen LogP contribution in [-0.4, -0.2) is 20.9 Å². The molecule has 0 fully saturated rings. The van der Waals surface area contributed by atoms with E-state index in [2.05, 4.69) is 12.0 Å². The third kappa shape index (κ3) is 2.99. The standard InChI is InChI=1S/C15H18N2O3/c1-4-12-8-13(17(3)16-12)9-20-14-6-5-11(15(18)19)7-10(14)2/h5-8H,4,9H2,1-3H3,(H,18,19). The van der Waals surface area contributed by atoms with Gasteiger partial charge in [0.25, 0.3) is 0 Å². The first kappa shape index (κ1) is 14.1. The molecule has 0 aliphatic rings. The molecule has 0 radical (unpaired) electrons. The van der Waals surface area contributed by atoms with Crippen LogP contribution in [0, 0.1) is 6.92 Å². The van der Waals surface area contributed by atoms with Crippen molar-refractivity contribution in [1.29, 1.82) is 0 Å². The fraction of sp³-hybridized carbons (Fsp3) is 0.333. The number of carboxylic acid groups (broad SMARTS) is 1. The van der Waals surface area contributed by atoms with Crippen LogP contribution in [0.4, 0.5) is 0 Å². The van der Waals surface area contributed by atoms with Crippen LogP contribution in [0.25, 0.3) is 0 Å². The van der Waals surface area contributed by atoms with Gasteiger partial charge in [-0.15, -0.1) is 0 Å². The molecule has 0 spiro atoms. The molecule has 1 aromatic heterocycles. The number of carboxylic acids is 1. The highest BCUT2D eigenvalue weighted by molar-refractivity contribution is 5.88. The van der Waals surface area contributed by atoms with Crippen LogP contribution in [0.3, 0.4) is 0 Å². The van der Waals surface area contributed by atoms with Crippen LogP contribution in [0.15, 0.2) is 24.3 Å². The summed E-state index contributed by atoms with van der Waals surface area (Å²) in [5, 5.41) is 13.3. The van der Waals surface area contributed by atoms with Gasteiger partial charge in [0.05, 0.1) is 17.0 Å². The van der Waals surface area contributed by atoms with Crippen molar-refractivity contribution >= 4 is 5.97 Å². The Morgan fingerprint density at radius 1 is 1.40 bits per heavy atom. The van der Waals surface area contributed by atoms with Gasteiger partial charge in [-0.25, -0.2) is 4.79 Å². The van der Waals surface area contributed by atoms with E-state index in [9.17, 15) is 4.79 Å². The SMILES string of the molecule is CCc1cc(COc2ccc(C(=O)O)cc2C)n(C)n1. The molecule has 5 nitrogen and oxygen atoms in total. The number of carbonyl (C=O) groups is 1. The van der Waals surface area contributed by atoms with Gasteiger partial charge in [0.2, 0.25) is 0 Å². The molecule has 0 atom stereocenters. The first-order valence-corrected chi connectivity index (χ1v) is 6.49. The lowest BCUT2D eigenvalue weighted by Gasteiger charge is -2.09. The lowest BCUT2D eigenvalue weighted by atomic mass is 10.1. The van der Waals surface area contributed by atoms with Crippen molar-refractivity contribution in [3.63, 3.8) is 0 Å². The van der Waals surface area contributed by atoms with Crippen LogP contribution in [0.5, 0.6) is 5.75 Å². The molecule has 0 saturated heterocycles. The number of hydrogen-bond acceptors (Lipinski definition) is 3. The third-order valence-corrected chi connectivity index (χ3v) is 3.19. The first-order chi connectivity index (χ1) is 9.51. The normalized spacial score (nSPS) is 10.6. The van der Waals surface area contributed by atoms with Crippen molar-refractivity contribution in [3.05, 3.63) is 46.8 Å². The number of ether oxygens (including phenoxy) is 1. The van der Waals surface area contributed by atoms with Crippen LogP contribution in [-0.2, 0) is 20.1 Å². The molecule has 20 heavy (non-hydrogen) atoms. The summed E-state index contributed by atoms with van der Waals surface area (Å²) in [5.74, 6) is -0.242. The third-order valence-electron chi connectivity index (χ3n) is 3.19. The summed E-state index contributed by atoms with van der Waals surface area (Å²) in [6, 6.07) is 6.86. The monoisotopic (exact) mass is 274 g/mol. The Morgan fingerprint density at radius 2 is 2.15 bits per heavy atom. The van der Waals surface area contributed by atoms with Gasteiger partial charge in [-0.2, -0.15) is 5.10 Å². The van der Waals surface area contributed by atoms with E-state index in [1.807, 2.05) is 20.0 Å². The molecular formula is C15H18N2O3. The number of aromatic carboxylic acids is 1. The lowest BCUT2D eigenvalue weighted by Crippen LogP contribution is -2.04. The number of benzene rings is 1. The second-order valence-electron chi connectivity index (χ2n) is 4.68. The lowest BCUT2D eigenvalue weighted by molar-refractivity contribution is 0.0696. The van der Waals surface area contributed by atoms with E-state index in [-0.39, 0.29) is 5.56 Å². The average Bonchev–Trinajstić information content (AvgIpc) is 2.78. The van der Waals surface area contributed by atoms with Gasteiger partial charge in [-0.3, -0.25) is 4.68 Å². The Morgan fingerprint density at radius 3 is 2.70 bits per heavy atom. The second kappa shape index (κ2) is 5.77. The van der Waals surface area contributed by atoms with E-state index in [1.165, 1.54) is 0 Å². The average molecular weight is 274 g/mol. The quantitative estimate of drug-likeness (QED) is 0.910. The predicted octanol–water partition coefficient (Wildman–Crippen LogP) is 2.57. The molecule has 1 N–H and O–H groups in total. The molecule has 1 heterocycles. The molecule has 0 aliphatic carbocycles. The summed E-state index contributed by atoms with van der Waals surface area (Å²) in [5.41, 5.74) is 3.10. The molecule has 0 unspecified atom stereocenters. The largest absolute Gasteiger partial charge is 0.487 e. The molecule has 2 rings (SSSR count). The maximum Gasteiger partial charge on any atom is 0.335 e. The molecule has 0 amide bonds. The van der Waals surface area contributed by atoms with Crippen LogP contribution < -0.4 is 4.74 Å². The van der Waals surface area contributed by atoms with Gasteiger partial charge in [0.1, 0.15) is 12.4 Å². The Bertz CT molecular complexity index is 632. The molecular weight excluding hydrogens is 256 g/mol. The zero-order valence-corrected chi connectivity index (χ0v) is 11.9. The minimum Gasteiger partial charge on any atom is -0.487 e.